The molecule has 84 valence electrons. The molecule has 1 heterocycles. The van der Waals surface area contributed by atoms with Gasteiger partial charge in [-0.15, -0.1) is 0 Å². The van der Waals surface area contributed by atoms with Crippen LogP contribution in [-0.2, 0) is 9.59 Å². The van der Waals surface area contributed by atoms with E-state index in [4.69, 9.17) is 0 Å². The van der Waals surface area contributed by atoms with Crippen LogP contribution in [0, 0.1) is 0 Å². The van der Waals surface area contributed by atoms with Crippen molar-refractivity contribution in [1.29, 1.82) is 0 Å². The van der Waals surface area contributed by atoms with Crippen molar-refractivity contribution >= 4 is 18.2 Å². The molecule has 0 fully saturated rings. The van der Waals surface area contributed by atoms with Gasteiger partial charge in [0.05, 0.1) is 11.1 Å². The first kappa shape index (κ1) is 11.9. The van der Waals surface area contributed by atoms with Crippen molar-refractivity contribution in [3.8, 4) is 0 Å². The van der Waals surface area contributed by atoms with Crippen LogP contribution in [0.5, 0.6) is 0 Å². The highest BCUT2D eigenvalue weighted by Gasteiger charge is 2.39. The highest BCUT2D eigenvalue weighted by atomic mass is 16.2. The molecule has 0 unspecified atom stereocenters. The molecule has 4 nitrogen and oxygen atoms in total. The summed E-state index contributed by atoms with van der Waals surface area (Å²) in [6, 6.07) is 0. The van der Waals surface area contributed by atoms with Crippen molar-refractivity contribution in [3.05, 3.63) is 0 Å². The third-order valence-electron chi connectivity index (χ3n) is 2.13. The monoisotopic (exact) mass is 210 g/mol. The minimum absolute atomic E-state index is 0.410. The molecular weight excluding hydrogens is 192 g/mol. The van der Waals surface area contributed by atoms with Gasteiger partial charge in [-0.1, -0.05) is 0 Å². The lowest BCUT2D eigenvalue weighted by Crippen LogP contribution is -2.43. The Hall–Kier alpha value is -1.19. The van der Waals surface area contributed by atoms with Crippen LogP contribution < -0.4 is 0 Å². The van der Waals surface area contributed by atoms with Gasteiger partial charge in [-0.3, -0.25) is 0 Å². The second-order valence-electron chi connectivity index (χ2n) is 5.72. The van der Waals surface area contributed by atoms with Crippen LogP contribution in [-0.4, -0.2) is 38.7 Å². The quantitative estimate of drug-likeness (QED) is 0.338. The van der Waals surface area contributed by atoms with E-state index in [9.17, 15) is 9.59 Å². The predicted octanol–water partition coefficient (Wildman–Crippen LogP) is 0.870. The Labute approximate surface area is 90.6 Å². The molecule has 0 radical (unpaired) electrons. The number of carbonyl (C=O) groups excluding carboxylic acids is 2. The smallest absolute Gasteiger partial charge is 0.264 e. The molecular formula is C11H18N2O2. The predicted molar refractivity (Wildman–Crippen MR) is 56.6 cm³/mol. The van der Waals surface area contributed by atoms with Gasteiger partial charge in [0.15, 0.2) is 0 Å². The Morgan fingerprint density at radius 3 is 1.73 bits per heavy atom. The minimum atomic E-state index is -0.502. The molecule has 1 aliphatic heterocycles. The third kappa shape index (κ3) is 2.08. The molecule has 0 saturated carbocycles. The Balaban J connectivity index is 3.14. The summed E-state index contributed by atoms with van der Waals surface area (Å²) in [5.74, 6) is -1.00. The van der Waals surface area contributed by atoms with Crippen LogP contribution in [0.2, 0.25) is 0 Å². The summed E-state index contributed by atoms with van der Waals surface area (Å²) in [5, 5.41) is 0. The minimum Gasteiger partial charge on any atom is -0.325 e. The first-order valence-corrected chi connectivity index (χ1v) is 5.00. The van der Waals surface area contributed by atoms with Crippen molar-refractivity contribution in [2.45, 2.75) is 52.6 Å². The first-order chi connectivity index (χ1) is 6.55. The summed E-state index contributed by atoms with van der Waals surface area (Å²) in [6.07, 6.45) is 2.84. The van der Waals surface area contributed by atoms with Crippen molar-refractivity contribution in [3.63, 3.8) is 0 Å². The van der Waals surface area contributed by atoms with Crippen LogP contribution >= 0.6 is 0 Å². The molecule has 15 heavy (non-hydrogen) atoms. The average molecular weight is 210 g/mol. The molecule has 0 N–H and O–H groups in total. The van der Waals surface area contributed by atoms with E-state index in [1.54, 1.807) is 0 Å². The molecule has 0 aromatic carbocycles. The zero-order valence-electron chi connectivity index (χ0n) is 10.2. The van der Waals surface area contributed by atoms with Crippen LogP contribution in [0.15, 0.2) is 0 Å². The molecule has 0 atom stereocenters. The van der Waals surface area contributed by atoms with Gasteiger partial charge in [-0.25, -0.2) is 0 Å². The molecule has 0 aliphatic carbocycles. The number of rotatable bonds is 0. The highest BCUT2D eigenvalue weighted by Crippen LogP contribution is 2.19. The first-order valence-electron chi connectivity index (χ1n) is 5.00. The topological polar surface area (TPSA) is 40.4 Å². The number of nitrogens with zero attached hydrogens (tertiary/aromatic N) is 2. The van der Waals surface area contributed by atoms with Crippen molar-refractivity contribution in [2.24, 2.45) is 0 Å². The van der Waals surface area contributed by atoms with Crippen molar-refractivity contribution < 1.29 is 14.2 Å². The van der Waals surface area contributed by atoms with Crippen LogP contribution in [0.4, 0.5) is 0 Å². The largest absolute Gasteiger partial charge is 0.325 e. The van der Waals surface area contributed by atoms with E-state index < -0.39 is 22.9 Å². The molecule has 2 amide bonds. The molecule has 0 spiro atoms. The number of hydrogen-bond donors (Lipinski definition) is 0. The van der Waals surface area contributed by atoms with Gasteiger partial charge in [-0.2, -0.15) is 0 Å². The summed E-state index contributed by atoms with van der Waals surface area (Å²) in [6.45, 7) is 11.2. The molecule has 0 bridgehead atoms. The highest BCUT2D eigenvalue weighted by molar-refractivity contribution is 6.36. The maximum Gasteiger partial charge on any atom is 0.264 e. The van der Waals surface area contributed by atoms with Crippen LogP contribution in [0.25, 0.3) is 0 Å². The lowest BCUT2D eigenvalue weighted by molar-refractivity contribution is -0.510. The lowest BCUT2D eigenvalue weighted by atomic mass is 10.1. The summed E-state index contributed by atoms with van der Waals surface area (Å²) < 4.78 is 1.36. The lowest BCUT2D eigenvalue weighted by Gasteiger charge is -2.26. The third-order valence-corrected chi connectivity index (χ3v) is 2.13. The number of amides is 2. The Morgan fingerprint density at radius 1 is 1.07 bits per heavy atom. The van der Waals surface area contributed by atoms with E-state index in [0.717, 1.165) is 0 Å². The van der Waals surface area contributed by atoms with Gasteiger partial charge < -0.3 is 19.1 Å². The molecule has 1 aliphatic rings. The molecule has 0 aromatic heterocycles. The molecule has 0 saturated heterocycles. The Kier molecular flexibility index (Phi) is 2.50. The van der Waals surface area contributed by atoms with Gasteiger partial charge >= 0.3 is 0 Å². The SMILES string of the molecule is CC(C)(C)N1[C-]=[N+](C(C)(C)C)C(=O)C1=O. The standard InChI is InChI=1S/C11H18N2O2/c1-10(2,3)12-7-13(11(4,5)6)9(15)8(12)14/h1-6H3. The zero-order chi connectivity index (χ0) is 12.0. The average Bonchev–Trinajstić information content (AvgIpc) is 2.26. The van der Waals surface area contributed by atoms with Crippen LogP contribution in [0.3, 0.4) is 0 Å². The Morgan fingerprint density at radius 2 is 1.53 bits per heavy atom. The fraction of sp³-hybridized carbons (Fsp3) is 0.727. The number of hydrogen-bond acceptors (Lipinski definition) is 2. The molecule has 0 aromatic rings. The van der Waals surface area contributed by atoms with E-state index in [1.807, 2.05) is 41.5 Å². The van der Waals surface area contributed by atoms with E-state index in [0.29, 0.717) is 0 Å². The molecule has 1 rings (SSSR count). The van der Waals surface area contributed by atoms with Gasteiger partial charge in [0.1, 0.15) is 0 Å². The van der Waals surface area contributed by atoms with Crippen molar-refractivity contribution in [1.82, 2.24) is 4.90 Å². The van der Waals surface area contributed by atoms with Crippen molar-refractivity contribution in [2.75, 3.05) is 0 Å². The van der Waals surface area contributed by atoms with Gasteiger partial charge in [0.2, 0.25) is 6.34 Å². The van der Waals surface area contributed by atoms with Gasteiger partial charge in [0, 0.05) is 0 Å². The normalized spacial score (nSPS) is 18.5. The maximum atomic E-state index is 11.7. The van der Waals surface area contributed by atoms with E-state index in [1.165, 1.54) is 9.48 Å². The van der Waals surface area contributed by atoms with E-state index in [2.05, 4.69) is 6.34 Å². The second kappa shape index (κ2) is 3.15. The summed E-state index contributed by atoms with van der Waals surface area (Å²) in [7, 11) is 0. The summed E-state index contributed by atoms with van der Waals surface area (Å²) in [4.78, 5) is 24.7. The zero-order valence-corrected chi connectivity index (χ0v) is 10.2. The van der Waals surface area contributed by atoms with E-state index >= 15 is 0 Å². The fourth-order valence-corrected chi connectivity index (χ4v) is 1.29. The molecule has 4 heteroatoms. The summed E-state index contributed by atoms with van der Waals surface area (Å²) >= 11 is 0. The summed E-state index contributed by atoms with van der Waals surface area (Å²) in [5.41, 5.74) is -0.820. The Bertz CT molecular complexity index is 343. The van der Waals surface area contributed by atoms with Gasteiger partial charge in [-0.05, 0) is 41.5 Å². The van der Waals surface area contributed by atoms with Crippen LogP contribution in [0.1, 0.15) is 41.5 Å². The second-order valence-corrected chi connectivity index (χ2v) is 5.72. The van der Waals surface area contributed by atoms with E-state index in [-0.39, 0.29) is 0 Å². The fourth-order valence-electron chi connectivity index (χ4n) is 1.29. The van der Waals surface area contributed by atoms with Gasteiger partial charge in [0.25, 0.3) is 11.8 Å². The number of carbonyl (C=O) groups is 2. The maximum absolute atomic E-state index is 11.7.